The second kappa shape index (κ2) is 21.2. The number of urea groups is 1. The number of hydrogen-bond donors (Lipinski definition) is 3. The highest BCUT2D eigenvalue weighted by atomic mass is 32.2. The lowest BCUT2D eigenvalue weighted by molar-refractivity contribution is -0.667. The second-order valence-corrected chi connectivity index (χ2v) is 23.1. The summed E-state index contributed by atoms with van der Waals surface area (Å²) in [4.78, 5) is 74.5. The third-order valence-corrected chi connectivity index (χ3v) is 15.9. The summed E-state index contributed by atoms with van der Waals surface area (Å²) in [5.41, 5.74) is 3.51. The number of sulfonamides is 1. The largest absolute Gasteiger partial charge is 0.439 e. The maximum Gasteiger partial charge on any atom is 0.334 e. The van der Waals surface area contributed by atoms with E-state index in [0.29, 0.717) is 34.1 Å². The summed E-state index contributed by atoms with van der Waals surface area (Å²) < 4.78 is 68.1. The average molecular weight is 1080 g/mol. The lowest BCUT2D eigenvalue weighted by Crippen LogP contribution is -2.58. The Hall–Kier alpha value is -7.37. The van der Waals surface area contributed by atoms with Crippen molar-refractivity contribution in [3.8, 4) is 16.9 Å². The van der Waals surface area contributed by atoms with Gasteiger partial charge in [-0.15, -0.1) is 0 Å². The topological polar surface area (TPSA) is 224 Å². The lowest BCUT2D eigenvalue weighted by Gasteiger charge is -2.34. The predicted octanol–water partition coefficient (Wildman–Crippen LogP) is 6.99. The van der Waals surface area contributed by atoms with E-state index in [1.54, 1.807) is 24.3 Å². The van der Waals surface area contributed by atoms with E-state index < -0.39 is 80.4 Å². The monoisotopic (exact) mass is 1080 g/mol. The Morgan fingerprint density at radius 1 is 0.811 bits per heavy atom. The van der Waals surface area contributed by atoms with Crippen LogP contribution >= 0.6 is 23.1 Å². The molecule has 1 unspecified atom stereocenters. The number of likely N-dealkylation sites (N-methyl/N-ethyl adjacent to an activating group) is 1. The third-order valence-electron chi connectivity index (χ3n) is 12.4. The first-order valence-electron chi connectivity index (χ1n) is 23.4. The molecule has 74 heavy (non-hydrogen) atoms. The number of benzene rings is 5. The van der Waals surface area contributed by atoms with Gasteiger partial charge in [-0.25, -0.2) is 13.2 Å². The molecule has 1 atom stereocenters. The van der Waals surface area contributed by atoms with Crippen LogP contribution in [-0.2, 0) is 45.9 Å². The predicted molar refractivity (Wildman–Crippen MR) is 284 cm³/mol. The van der Waals surface area contributed by atoms with Crippen molar-refractivity contribution in [2.45, 2.75) is 50.2 Å². The minimum absolute atomic E-state index is 0.0266. The third kappa shape index (κ3) is 11.1. The van der Waals surface area contributed by atoms with Crippen molar-refractivity contribution in [3.05, 3.63) is 143 Å². The number of imide groups is 2. The van der Waals surface area contributed by atoms with E-state index in [1.165, 1.54) is 41.1 Å². The number of fused-ring (bicyclic) bond motifs is 5. The van der Waals surface area contributed by atoms with Gasteiger partial charge >= 0.3 is 6.03 Å². The number of ether oxygens (including phenoxy) is 1. The molecule has 3 N–H and O–H groups in total. The van der Waals surface area contributed by atoms with Gasteiger partial charge in [-0.05, 0) is 77.9 Å². The van der Waals surface area contributed by atoms with Crippen molar-refractivity contribution in [2.75, 3.05) is 41.9 Å². The number of anilines is 2. The maximum atomic E-state index is 14.5. The van der Waals surface area contributed by atoms with E-state index in [2.05, 4.69) is 16.0 Å². The average Bonchev–Trinajstić information content (AvgIpc) is 4.03. The van der Waals surface area contributed by atoms with Crippen LogP contribution in [0.3, 0.4) is 0 Å². The number of allylic oxidation sites excluding steroid dienone is 2. The molecule has 0 spiro atoms. The first kappa shape index (κ1) is 51.5. The molecule has 3 aliphatic heterocycles. The number of aryl methyl sites for hydroxylation is 1. The van der Waals surface area contributed by atoms with E-state index in [4.69, 9.17) is 4.74 Å². The van der Waals surface area contributed by atoms with Gasteiger partial charge in [-0.3, -0.25) is 43.2 Å². The summed E-state index contributed by atoms with van der Waals surface area (Å²) in [5, 5.41) is 6.62. The number of unbranched alkanes of at least 4 members (excludes halogenated alkanes) is 1. The number of thioether (sulfide) groups is 1. The molecule has 1 fully saturated rings. The molecule has 18 nitrogen and oxygen atoms in total. The van der Waals surface area contributed by atoms with Crippen LogP contribution in [0, 0.1) is 0 Å². The van der Waals surface area contributed by atoms with Gasteiger partial charge in [-0.2, -0.15) is 13.0 Å². The number of rotatable bonds is 17. The van der Waals surface area contributed by atoms with Crippen LogP contribution < -0.4 is 29.1 Å². The molecule has 1 aromatic heterocycles. The zero-order chi connectivity index (χ0) is 52.5. The van der Waals surface area contributed by atoms with Crippen molar-refractivity contribution in [1.29, 1.82) is 0 Å². The highest BCUT2D eigenvalue weighted by Gasteiger charge is 2.42. The molecule has 0 radical (unpaired) electrons. The molecule has 0 saturated carbocycles. The summed E-state index contributed by atoms with van der Waals surface area (Å²) >= 11 is 3.01. The van der Waals surface area contributed by atoms with Gasteiger partial charge in [0.25, 0.3) is 32.8 Å². The van der Waals surface area contributed by atoms with Gasteiger partial charge < -0.3 is 15.0 Å². The van der Waals surface area contributed by atoms with Crippen LogP contribution in [0.5, 0.6) is 5.75 Å². The molecule has 1 saturated heterocycles. The Labute approximate surface area is 435 Å². The first-order chi connectivity index (χ1) is 35.4. The number of thiazole rings is 1. The number of nitrogens with one attached hydrogen (secondary N) is 2. The molecular weight excluding hydrogens is 1030 g/mol. The van der Waals surface area contributed by atoms with E-state index in [0.717, 1.165) is 71.5 Å². The molecule has 4 heterocycles. The zero-order valence-corrected chi connectivity index (χ0v) is 43.5. The summed E-state index contributed by atoms with van der Waals surface area (Å²) in [6.45, 7) is 1.02. The van der Waals surface area contributed by atoms with Crippen molar-refractivity contribution < 1.29 is 54.7 Å². The SMILES string of the molecule is CCCCC(NC(=O)CN1C(=O)C(=CC=C2Oc3ccccc3N2CC(=O)NS(C)(=O)=O)C(=O)N(C)C1=O)N1C(=Cc2sc3ccc4ccccc4c3[n+]2CCCS(=O)(=O)O)Sc2ccc(-c3ccccc3)cc21. The number of amides is 6. The number of nitrogens with zero attached hydrogens (tertiary/aromatic N) is 5. The van der Waals surface area contributed by atoms with E-state index in [-0.39, 0.29) is 18.8 Å². The molecule has 9 rings (SSSR count). The number of barbiturate groups is 1. The van der Waals surface area contributed by atoms with Gasteiger partial charge in [-0.1, -0.05) is 109 Å². The zero-order valence-electron chi connectivity index (χ0n) is 40.3. The normalized spacial score (nSPS) is 16.9. The number of hydrogen-bond acceptors (Lipinski definition) is 14. The Bertz CT molecular complexity index is 3600. The van der Waals surface area contributed by atoms with Crippen molar-refractivity contribution in [1.82, 2.24) is 19.8 Å². The number of carbonyl (C=O) groups excluding carboxylic acids is 5. The maximum absolute atomic E-state index is 14.5. The molecule has 6 aromatic rings. The molecule has 0 aliphatic carbocycles. The van der Waals surface area contributed by atoms with Gasteiger partial charge in [0.05, 0.1) is 39.9 Å². The van der Waals surface area contributed by atoms with Gasteiger partial charge in [0.1, 0.15) is 29.5 Å². The quantitative estimate of drug-likeness (QED) is 0.0363. The van der Waals surface area contributed by atoms with E-state index in [1.807, 2.05) is 101 Å². The molecule has 382 valence electrons. The summed E-state index contributed by atoms with van der Waals surface area (Å²) in [6.07, 6.45) is 6.47. The Morgan fingerprint density at radius 3 is 2.30 bits per heavy atom. The molecular formula is C52H50N7O11S4+. The highest BCUT2D eigenvalue weighted by Crippen LogP contribution is 2.50. The van der Waals surface area contributed by atoms with Crippen LogP contribution in [-0.4, -0.2) is 99.2 Å². The fraction of sp³-hybridized carbons (Fsp3) is 0.231. The number of para-hydroxylation sites is 2. The summed E-state index contributed by atoms with van der Waals surface area (Å²) in [7, 11) is -6.97. The summed E-state index contributed by atoms with van der Waals surface area (Å²) in [6, 6.07) is 33.5. The standard InChI is InChI=1S/C52H49N7O11S4/c1-4-5-20-43(53-44(60)31-58-51(63)37(50(62)55(2)52(58)64)23-26-46-57(32-45(61)54-73(3,65)66)38-18-11-12-19-40(38)70-46)59-39-29-35(33-14-7-6-8-15-33)22-24-41(39)71-48(59)30-47-56(27-13-28-74(67,68)69)49-36-17-10-9-16-34(36)21-25-42(49)72-47/h6-12,14-19,21-26,29-30,43H,4-5,13,20,27-28,31-32H2,1-3H3,(H2-,53,54,60,61,67,68,69)/p+1. The van der Waals surface area contributed by atoms with E-state index in [9.17, 15) is 45.4 Å². The van der Waals surface area contributed by atoms with Crippen LogP contribution in [0.4, 0.5) is 16.2 Å². The second-order valence-electron chi connectivity index (χ2n) is 17.7. The molecule has 0 bridgehead atoms. The fourth-order valence-corrected chi connectivity index (χ4v) is 12.3. The van der Waals surface area contributed by atoms with Gasteiger partial charge in [0, 0.05) is 18.4 Å². The number of carbonyl (C=O) groups is 5. The van der Waals surface area contributed by atoms with Crippen LogP contribution in [0.25, 0.3) is 38.2 Å². The minimum atomic E-state index is -4.25. The minimum Gasteiger partial charge on any atom is -0.439 e. The van der Waals surface area contributed by atoms with Crippen LogP contribution in [0.15, 0.2) is 143 Å². The molecule has 22 heteroatoms. The first-order valence-corrected chi connectivity index (χ1v) is 28.6. The highest BCUT2D eigenvalue weighted by molar-refractivity contribution is 8.04. The Morgan fingerprint density at radius 2 is 1.54 bits per heavy atom. The fourth-order valence-electron chi connectivity index (χ4n) is 8.99. The smallest absolute Gasteiger partial charge is 0.334 e. The molecule has 5 aromatic carbocycles. The van der Waals surface area contributed by atoms with Crippen molar-refractivity contribution in [3.63, 3.8) is 0 Å². The molecule has 6 amide bonds. The van der Waals surface area contributed by atoms with E-state index >= 15 is 0 Å². The number of aromatic nitrogens is 1. The van der Waals surface area contributed by atoms with Gasteiger partial charge in [0.15, 0.2) is 12.3 Å². The van der Waals surface area contributed by atoms with Gasteiger partial charge in [0.2, 0.25) is 27.3 Å². The lowest BCUT2D eigenvalue weighted by atomic mass is 10.0. The Kier molecular flexibility index (Phi) is 14.8. The van der Waals surface area contributed by atoms with Crippen molar-refractivity contribution in [2.24, 2.45) is 0 Å². The Balaban J connectivity index is 1.06. The van der Waals surface area contributed by atoms with Crippen molar-refractivity contribution >= 4 is 111 Å². The molecule has 3 aliphatic rings. The summed E-state index contributed by atoms with van der Waals surface area (Å²) in [5.74, 6) is -3.73. The van der Waals surface area contributed by atoms with Crippen LogP contribution in [0.2, 0.25) is 0 Å². The van der Waals surface area contributed by atoms with Crippen LogP contribution in [0.1, 0.15) is 37.6 Å².